The third-order valence-electron chi connectivity index (χ3n) is 6.34. The number of halogens is 1. The molecule has 0 spiro atoms. The second-order valence-corrected chi connectivity index (χ2v) is 9.54. The topological polar surface area (TPSA) is 69.2 Å². The van der Waals surface area contributed by atoms with Gasteiger partial charge in [0.15, 0.2) is 11.0 Å². The molecule has 182 valence electrons. The van der Waals surface area contributed by atoms with Crippen molar-refractivity contribution >= 4 is 11.8 Å². The van der Waals surface area contributed by atoms with Gasteiger partial charge in [0.25, 0.3) is 0 Å². The minimum absolute atomic E-state index is 0.102. The van der Waals surface area contributed by atoms with Gasteiger partial charge in [0.2, 0.25) is 0 Å². The SMILES string of the molecule is COc1ccccc1-c1cc(CSc2nnc([C@H](C)N3CCCCC3)n2-c2ccc(F)cc2)on1. The number of likely N-dealkylation sites (tertiary alicyclic amines) is 1. The van der Waals surface area contributed by atoms with Crippen molar-refractivity contribution in [2.75, 3.05) is 20.2 Å². The highest BCUT2D eigenvalue weighted by molar-refractivity contribution is 7.98. The van der Waals surface area contributed by atoms with E-state index in [0.717, 1.165) is 52.5 Å². The van der Waals surface area contributed by atoms with Crippen LogP contribution < -0.4 is 4.74 Å². The van der Waals surface area contributed by atoms with Crippen molar-refractivity contribution in [2.45, 2.75) is 43.1 Å². The van der Waals surface area contributed by atoms with E-state index in [4.69, 9.17) is 9.26 Å². The zero-order chi connectivity index (χ0) is 24.2. The summed E-state index contributed by atoms with van der Waals surface area (Å²) in [4.78, 5) is 2.44. The molecule has 5 rings (SSSR count). The van der Waals surface area contributed by atoms with E-state index in [1.165, 1.54) is 43.2 Å². The largest absolute Gasteiger partial charge is 0.496 e. The first kappa shape index (κ1) is 23.6. The van der Waals surface area contributed by atoms with E-state index >= 15 is 0 Å². The first-order valence-electron chi connectivity index (χ1n) is 11.8. The number of rotatable bonds is 8. The molecule has 0 amide bonds. The van der Waals surface area contributed by atoms with Gasteiger partial charge in [0.1, 0.15) is 23.0 Å². The third kappa shape index (κ3) is 5.11. The maximum atomic E-state index is 13.7. The van der Waals surface area contributed by atoms with E-state index in [1.807, 2.05) is 34.9 Å². The molecule has 0 bridgehead atoms. The summed E-state index contributed by atoms with van der Waals surface area (Å²) in [6.07, 6.45) is 3.65. The van der Waals surface area contributed by atoms with Gasteiger partial charge < -0.3 is 9.26 Å². The van der Waals surface area contributed by atoms with Crippen LogP contribution in [0.15, 0.2) is 64.3 Å². The Morgan fingerprint density at radius 2 is 1.83 bits per heavy atom. The lowest BCUT2D eigenvalue weighted by Gasteiger charge is -2.31. The molecule has 4 aromatic rings. The molecule has 0 N–H and O–H groups in total. The molecular formula is C26H28FN5O2S. The summed E-state index contributed by atoms with van der Waals surface area (Å²) < 4.78 is 26.7. The van der Waals surface area contributed by atoms with Gasteiger partial charge in [-0.15, -0.1) is 10.2 Å². The highest BCUT2D eigenvalue weighted by Gasteiger charge is 2.26. The van der Waals surface area contributed by atoms with Crippen LogP contribution in [0.5, 0.6) is 5.75 Å². The quantitative estimate of drug-likeness (QED) is 0.283. The minimum atomic E-state index is -0.271. The number of hydrogen-bond donors (Lipinski definition) is 0. The first-order valence-corrected chi connectivity index (χ1v) is 12.8. The van der Waals surface area contributed by atoms with Crippen molar-refractivity contribution in [3.63, 3.8) is 0 Å². The summed E-state index contributed by atoms with van der Waals surface area (Å²) in [5.41, 5.74) is 2.43. The van der Waals surface area contributed by atoms with E-state index in [2.05, 4.69) is 27.2 Å². The predicted octanol–water partition coefficient (Wildman–Crippen LogP) is 5.91. The maximum absolute atomic E-state index is 13.7. The minimum Gasteiger partial charge on any atom is -0.496 e. The molecule has 9 heteroatoms. The molecule has 1 aliphatic rings. The standard InChI is InChI=1S/C26H28FN5O2S/c1-18(31-14-6-3-7-15-31)25-28-29-26(32(25)20-12-10-19(27)11-13-20)35-17-21-16-23(30-34-21)22-8-4-5-9-24(22)33-2/h4-5,8-13,16,18H,3,6-7,14-15,17H2,1-2H3/t18-/m0/s1. The highest BCUT2D eigenvalue weighted by Crippen LogP contribution is 2.33. The van der Waals surface area contributed by atoms with Crippen molar-refractivity contribution in [1.29, 1.82) is 0 Å². The fraction of sp³-hybridized carbons (Fsp3) is 0.346. The molecule has 0 unspecified atom stereocenters. The van der Waals surface area contributed by atoms with Crippen LogP contribution in [0.2, 0.25) is 0 Å². The molecule has 0 saturated carbocycles. The molecule has 0 aliphatic carbocycles. The summed E-state index contributed by atoms with van der Waals surface area (Å²) in [6, 6.07) is 16.2. The summed E-state index contributed by atoms with van der Waals surface area (Å²) in [5.74, 6) is 2.57. The van der Waals surface area contributed by atoms with Crippen molar-refractivity contribution in [1.82, 2.24) is 24.8 Å². The predicted molar refractivity (Wildman–Crippen MR) is 133 cm³/mol. The lowest BCUT2D eigenvalue weighted by molar-refractivity contribution is 0.167. The van der Waals surface area contributed by atoms with Crippen LogP contribution in [0, 0.1) is 5.82 Å². The Balaban J connectivity index is 1.40. The van der Waals surface area contributed by atoms with E-state index in [-0.39, 0.29) is 11.9 Å². The van der Waals surface area contributed by atoms with Crippen molar-refractivity contribution < 1.29 is 13.7 Å². The number of nitrogens with zero attached hydrogens (tertiary/aromatic N) is 5. The van der Waals surface area contributed by atoms with Crippen molar-refractivity contribution in [3.8, 4) is 22.7 Å². The van der Waals surface area contributed by atoms with Crippen LogP contribution in [0.4, 0.5) is 4.39 Å². The van der Waals surface area contributed by atoms with Gasteiger partial charge in [0, 0.05) is 17.3 Å². The average Bonchev–Trinajstić information content (AvgIpc) is 3.55. The monoisotopic (exact) mass is 493 g/mol. The molecule has 3 heterocycles. The maximum Gasteiger partial charge on any atom is 0.196 e. The zero-order valence-corrected chi connectivity index (χ0v) is 20.7. The lowest BCUT2D eigenvalue weighted by atomic mass is 10.1. The van der Waals surface area contributed by atoms with E-state index in [1.54, 1.807) is 19.2 Å². The van der Waals surface area contributed by atoms with Crippen LogP contribution >= 0.6 is 11.8 Å². The second-order valence-electron chi connectivity index (χ2n) is 8.59. The van der Waals surface area contributed by atoms with Crippen LogP contribution in [0.25, 0.3) is 16.9 Å². The number of ether oxygens (including phenoxy) is 1. The lowest BCUT2D eigenvalue weighted by Crippen LogP contribution is -2.33. The van der Waals surface area contributed by atoms with Crippen LogP contribution in [-0.4, -0.2) is 45.0 Å². The fourth-order valence-corrected chi connectivity index (χ4v) is 5.28. The number of hydrogen-bond acceptors (Lipinski definition) is 7. The Labute approximate surface area is 208 Å². The molecular weight excluding hydrogens is 465 g/mol. The Bertz CT molecular complexity index is 1270. The first-order chi connectivity index (χ1) is 17.1. The van der Waals surface area contributed by atoms with Gasteiger partial charge in [0.05, 0.1) is 18.9 Å². The number of piperidine rings is 1. The fourth-order valence-electron chi connectivity index (χ4n) is 4.45. The van der Waals surface area contributed by atoms with E-state index in [0.29, 0.717) is 5.75 Å². The number of aromatic nitrogens is 4. The van der Waals surface area contributed by atoms with Crippen molar-refractivity contribution in [3.05, 3.63) is 72.0 Å². The second kappa shape index (κ2) is 10.6. The van der Waals surface area contributed by atoms with E-state index < -0.39 is 0 Å². The zero-order valence-electron chi connectivity index (χ0n) is 19.9. The Hall–Kier alpha value is -3.17. The summed E-state index contributed by atoms with van der Waals surface area (Å²) in [7, 11) is 1.64. The van der Waals surface area contributed by atoms with Gasteiger partial charge >= 0.3 is 0 Å². The molecule has 0 radical (unpaired) electrons. The normalized spacial score (nSPS) is 15.3. The molecule has 1 fully saturated rings. The molecule has 2 aromatic carbocycles. The van der Waals surface area contributed by atoms with E-state index in [9.17, 15) is 4.39 Å². The molecule has 1 atom stereocenters. The van der Waals surface area contributed by atoms with Gasteiger partial charge in [-0.1, -0.05) is 35.5 Å². The third-order valence-corrected chi connectivity index (χ3v) is 7.29. The average molecular weight is 494 g/mol. The molecule has 2 aromatic heterocycles. The molecule has 7 nitrogen and oxygen atoms in total. The molecule has 35 heavy (non-hydrogen) atoms. The number of methoxy groups -OCH3 is 1. The smallest absolute Gasteiger partial charge is 0.196 e. The summed E-state index contributed by atoms with van der Waals surface area (Å²) in [6.45, 7) is 4.26. The summed E-state index contributed by atoms with van der Waals surface area (Å²) in [5, 5.41) is 14.0. The number of para-hydroxylation sites is 1. The Morgan fingerprint density at radius 3 is 2.60 bits per heavy atom. The summed E-state index contributed by atoms with van der Waals surface area (Å²) >= 11 is 1.51. The van der Waals surface area contributed by atoms with Crippen LogP contribution in [0.1, 0.15) is 43.8 Å². The van der Waals surface area contributed by atoms with Crippen LogP contribution in [0.3, 0.4) is 0 Å². The Kier molecular flexibility index (Phi) is 7.15. The van der Waals surface area contributed by atoms with Gasteiger partial charge in [-0.2, -0.15) is 0 Å². The number of thioether (sulfide) groups is 1. The van der Waals surface area contributed by atoms with Crippen molar-refractivity contribution in [2.24, 2.45) is 0 Å². The van der Waals surface area contributed by atoms with Crippen LogP contribution in [-0.2, 0) is 5.75 Å². The molecule has 1 aliphatic heterocycles. The number of benzene rings is 2. The Morgan fingerprint density at radius 1 is 1.06 bits per heavy atom. The van der Waals surface area contributed by atoms with Gasteiger partial charge in [-0.3, -0.25) is 9.47 Å². The highest BCUT2D eigenvalue weighted by atomic mass is 32.2. The molecule has 1 saturated heterocycles. The van der Waals surface area contributed by atoms with Gasteiger partial charge in [-0.25, -0.2) is 4.39 Å². The van der Waals surface area contributed by atoms with Gasteiger partial charge in [-0.05, 0) is 69.3 Å².